The molecule has 2 aromatic rings. The van der Waals surface area contributed by atoms with E-state index in [0.29, 0.717) is 22.1 Å². The fourth-order valence-corrected chi connectivity index (χ4v) is 5.08. The van der Waals surface area contributed by atoms with Crippen LogP contribution in [0.25, 0.3) is 0 Å². The number of nitrogens with one attached hydrogen (secondary N) is 1. The number of hydroxylamine groups is 2. The lowest BCUT2D eigenvalue weighted by Crippen LogP contribution is -2.41. The Morgan fingerprint density at radius 3 is 2.32 bits per heavy atom. The lowest BCUT2D eigenvalue weighted by atomic mass is 10.0. The first-order chi connectivity index (χ1) is 19.5. The average Bonchev–Trinajstić information content (AvgIpc) is 3.51. The van der Waals surface area contributed by atoms with Crippen LogP contribution in [-0.4, -0.2) is 58.7 Å². The van der Waals surface area contributed by atoms with Crippen molar-refractivity contribution in [1.82, 2.24) is 9.96 Å². The second kappa shape index (κ2) is 12.2. The molecule has 1 fully saturated rings. The molecule has 2 aliphatic rings. The van der Waals surface area contributed by atoms with E-state index in [0.717, 1.165) is 44.4 Å². The Kier molecular flexibility index (Phi) is 8.70. The van der Waals surface area contributed by atoms with Gasteiger partial charge in [-0.15, -0.1) is 5.06 Å². The molecule has 5 amide bonds. The van der Waals surface area contributed by atoms with Crippen LogP contribution >= 0.6 is 0 Å². The number of benzene rings is 2. The molecule has 1 aliphatic carbocycles. The fraction of sp³-hybridized carbons (Fsp3) is 0.379. The number of fused-ring (bicyclic) bond motifs is 1. The lowest BCUT2D eigenvalue weighted by Gasteiger charge is -2.28. The second-order valence-corrected chi connectivity index (χ2v) is 9.83. The molecule has 1 atom stereocenters. The van der Waals surface area contributed by atoms with Crippen LogP contribution in [0.3, 0.4) is 0 Å². The third-order valence-electron chi connectivity index (χ3n) is 6.84. The van der Waals surface area contributed by atoms with E-state index < -0.39 is 48.0 Å². The van der Waals surface area contributed by atoms with Crippen LogP contribution in [0.15, 0.2) is 36.4 Å². The van der Waals surface area contributed by atoms with E-state index in [1.807, 2.05) is 0 Å². The highest BCUT2D eigenvalue weighted by atomic mass is 16.7. The van der Waals surface area contributed by atoms with Crippen molar-refractivity contribution in [3.05, 3.63) is 53.1 Å². The van der Waals surface area contributed by atoms with Gasteiger partial charge in [0, 0.05) is 20.8 Å². The van der Waals surface area contributed by atoms with Gasteiger partial charge < -0.3 is 19.6 Å². The molecule has 216 valence electrons. The van der Waals surface area contributed by atoms with Crippen LogP contribution in [0.5, 0.6) is 11.5 Å². The summed E-state index contributed by atoms with van der Waals surface area (Å²) in [4.78, 5) is 82.0. The average molecular weight is 566 g/mol. The number of rotatable bonds is 8. The number of anilines is 1. The maximum absolute atomic E-state index is 13.8. The smallest absolute Gasteiger partial charge is 0.330 e. The van der Waals surface area contributed by atoms with Gasteiger partial charge in [-0.3, -0.25) is 28.9 Å². The van der Waals surface area contributed by atoms with Crippen LogP contribution < -0.4 is 14.8 Å². The van der Waals surface area contributed by atoms with E-state index in [1.165, 1.54) is 32.2 Å². The zero-order valence-corrected chi connectivity index (χ0v) is 23.2. The summed E-state index contributed by atoms with van der Waals surface area (Å²) < 4.78 is 11.7. The van der Waals surface area contributed by atoms with Crippen molar-refractivity contribution in [1.29, 1.82) is 0 Å². The Hall–Kier alpha value is -4.74. The molecule has 12 nitrogen and oxygen atoms in total. The number of methoxy groups -OCH3 is 1. The quantitative estimate of drug-likeness (QED) is 0.375. The van der Waals surface area contributed by atoms with E-state index in [4.69, 9.17) is 14.3 Å². The number of ether oxygens (including phenoxy) is 2. The number of imide groups is 2. The summed E-state index contributed by atoms with van der Waals surface area (Å²) in [7, 11) is 1.48. The van der Waals surface area contributed by atoms with Gasteiger partial charge in [0.1, 0.15) is 0 Å². The Balaban J connectivity index is 1.79. The standard InChI is InChI=1S/C29H31N3O9/c1-16(33)30-22-11-7-10-21-27(22)29(38)31(28(21)37)23(15-26(36)32(17(2)34)41-18(3)35)19-12-13-24(39-4)25(14-19)40-20-8-5-6-9-20/h7,10-14,20,23H,5-6,8-9,15H2,1-4H3,(H,30,33). The van der Waals surface area contributed by atoms with Gasteiger partial charge in [0.15, 0.2) is 11.5 Å². The predicted octanol–water partition coefficient (Wildman–Crippen LogP) is 3.56. The Morgan fingerprint density at radius 2 is 1.71 bits per heavy atom. The van der Waals surface area contributed by atoms with Crippen LogP contribution in [0, 0.1) is 0 Å². The molecule has 0 saturated heterocycles. The molecule has 1 heterocycles. The molecule has 1 aliphatic heterocycles. The maximum Gasteiger partial charge on any atom is 0.330 e. The summed E-state index contributed by atoms with van der Waals surface area (Å²) >= 11 is 0. The fourth-order valence-electron chi connectivity index (χ4n) is 5.08. The van der Waals surface area contributed by atoms with E-state index in [2.05, 4.69) is 5.32 Å². The van der Waals surface area contributed by atoms with Gasteiger partial charge in [-0.1, -0.05) is 12.1 Å². The molecule has 1 saturated carbocycles. The van der Waals surface area contributed by atoms with Crippen molar-refractivity contribution in [3.63, 3.8) is 0 Å². The van der Waals surface area contributed by atoms with Crippen LogP contribution in [0.1, 0.15) is 85.2 Å². The Bertz CT molecular complexity index is 1410. The van der Waals surface area contributed by atoms with Gasteiger partial charge in [-0.05, 0) is 55.5 Å². The number of nitrogens with zero attached hydrogens (tertiary/aromatic N) is 2. The Morgan fingerprint density at radius 1 is 1.00 bits per heavy atom. The van der Waals surface area contributed by atoms with Crippen molar-refractivity contribution in [2.24, 2.45) is 0 Å². The summed E-state index contributed by atoms with van der Waals surface area (Å²) in [5, 5.41) is 2.86. The minimum Gasteiger partial charge on any atom is -0.493 e. The van der Waals surface area contributed by atoms with Crippen molar-refractivity contribution in [3.8, 4) is 11.5 Å². The van der Waals surface area contributed by atoms with Crippen LogP contribution in [0.2, 0.25) is 0 Å². The molecular weight excluding hydrogens is 534 g/mol. The molecule has 0 aromatic heterocycles. The summed E-state index contributed by atoms with van der Waals surface area (Å²) in [6.45, 7) is 3.34. The first-order valence-electron chi connectivity index (χ1n) is 13.2. The third kappa shape index (κ3) is 6.21. The lowest BCUT2D eigenvalue weighted by molar-refractivity contribution is -0.200. The van der Waals surface area contributed by atoms with Crippen molar-refractivity contribution < 1.29 is 43.1 Å². The zero-order chi connectivity index (χ0) is 29.8. The molecule has 2 aromatic carbocycles. The van der Waals surface area contributed by atoms with Gasteiger partial charge in [0.25, 0.3) is 23.6 Å². The van der Waals surface area contributed by atoms with Crippen LogP contribution in [0.4, 0.5) is 5.69 Å². The monoisotopic (exact) mass is 565 g/mol. The number of hydrogen-bond acceptors (Lipinski definition) is 9. The van der Waals surface area contributed by atoms with E-state index in [1.54, 1.807) is 18.2 Å². The second-order valence-electron chi connectivity index (χ2n) is 9.83. The number of carbonyl (C=O) groups excluding carboxylic acids is 6. The first-order valence-corrected chi connectivity index (χ1v) is 13.2. The summed E-state index contributed by atoms with van der Waals surface area (Å²) in [5.41, 5.74) is 0.503. The maximum atomic E-state index is 13.8. The molecule has 1 N–H and O–H groups in total. The topological polar surface area (TPSA) is 149 Å². The molecule has 0 radical (unpaired) electrons. The predicted molar refractivity (Wildman–Crippen MR) is 144 cm³/mol. The van der Waals surface area contributed by atoms with E-state index in [-0.39, 0.29) is 22.9 Å². The zero-order valence-electron chi connectivity index (χ0n) is 23.2. The van der Waals surface area contributed by atoms with Gasteiger partial charge >= 0.3 is 5.97 Å². The number of hydrogen-bond donors (Lipinski definition) is 1. The summed E-state index contributed by atoms with van der Waals surface area (Å²) in [5.74, 6) is -3.81. The third-order valence-corrected chi connectivity index (χ3v) is 6.84. The highest BCUT2D eigenvalue weighted by Gasteiger charge is 2.44. The SMILES string of the molecule is COc1ccc(C(CC(=O)N(OC(C)=O)C(C)=O)N2C(=O)c3cccc(NC(C)=O)c3C2=O)cc1OC1CCCC1. The molecular formula is C29H31N3O9. The number of amides is 5. The molecule has 4 rings (SSSR count). The Labute approximate surface area is 236 Å². The first kappa shape index (κ1) is 29.2. The largest absolute Gasteiger partial charge is 0.493 e. The molecule has 41 heavy (non-hydrogen) atoms. The highest BCUT2D eigenvalue weighted by molar-refractivity contribution is 6.24. The summed E-state index contributed by atoms with van der Waals surface area (Å²) in [6, 6.07) is 8.01. The molecule has 1 unspecified atom stereocenters. The van der Waals surface area contributed by atoms with Crippen molar-refractivity contribution in [2.45, 2.75) is 65.0 Å². The number of carbonyl (C=O) groups is 6. The van der Waals surface area contributed by atoms with E-state index in [9.17, 15) is 28.8 Å². The normalized spacial score (nSPS) is 15.3. The minimum absolute atomic E-state index is 0.0236. The van der Waals surface area contributed by atoms with Gasteiger partial charge in [-0.2, -0.15) is 0 Å². The molecule has 0 spiro atoms. The van der Waals surface area contributed by atoms with Crippen molar-refractivity contribution >= 4 is 41.2 Å². The van der Waals surface area contributed by atoms with Gasteiger partial charge in [0.2, 0.25) is 5.91 Å². The summed E-state index contributed by atoms with van der Waals surface area (Å²) in [6.07, 6.45) is 3.11. The minimum atomic E-state index is -1.24. The molecule has 12 heteroatoms. The van der Waals surface area contributed by atoms with E-state index >= 15 is 0 Å². The highest BCUT2D eigenvalue weighted by Crippen LogP contribution is 2.40. The van der Waals surface area contributed by atoms with Crippen LogP contribution in [-0.2, 0) is 24.0 Å². The van der Waals surface area contributed by atoms with Gasteiger partial charge in [0.05, 0.1) is 42.5 Å². The van der Waals surface area contributed by atoms with Gasteiger partial charge in [-0.25, -0.2) is 4.79 Å². The van der Waals surface area contributed by atoms with Crippen molar-refractivity contribution in [2.75, 3.05) is 12.4 Å². The molecule has 0 bridgehead atoms.